The van der Waals surface area contributed by atoms with E-state index in [9.17, 15) is 13.2 Å². The third-order valence-electron chi connectivity index (χ3n) is 3.98. The molecular weight excluding hydrogens is 320 g/mol. The summed E-state index contributed by atoms with van der Waals surface area (Å²) in [5.41, 5.74) is 0.266. The Balaban J connectivity index is 1.63. The molecule has 1 aliphatic carbocycles. The summed E-state index contributed by atoms with van der Waals surface area (Å²) in [4.78, 5) is 22.0. The number of carbonyl (C=O) groups is 1. The minimum absolute atomic E-state index is 0.208. The van der Waals surface area contributed by atoms with Gasteiger partial charge in [-0.25, -0.2) is 18.4 Å². The monoisotopic (exact) mass is 340 g/mol. The maximum atomic E-state index is 12.5. The number of aromatic nitrogens is 2. The van der Waals surface area contributed by atoms with Crippen LogP contribution in [-0.4, -0.2) is 71.5 Å². The molecule has 1 aromatic rings. The van der Waals surface area contributed by atoms with Gasteiger partial charge in [-0.05, 0) is 19.8 Å². The van der Waals surface area contributed by atoms with Gasteiger partial charge in [0.15, 0.2) is 0 Å². The lowest BCUT2D eigenvalue weighted by molar-refractivity contribution is 0.0691. The predicted molar refractivity (Wildman–Crippen MR) is 82.6 cm³/mol. The molecule has 23 heavy (non-hydrogen) atoms. The van der Waals surface area contributed by atoms with Crippen LogP contribution in [0.3, 0.4) is 0 Å². The number of hydrogen-bond acceptors (Lipinski definition) is 6. The molecule has 2 fully saturated rings. The molecule has 1 aliphatic heterocycles. The van der Waals surface area contributed by atoms with Crippen molar-refractivity contribution in [3.8, 4) is 5.88 Å². The van der Waals surface area contributed by atoms with Crippen LogP contribution in [0, 0.1) is 0 Å². The first kappa shape index (κ1) is 16.1. The molecule has 1 saturated carbocycles. The van der Waals surface area contributed by atoms with Crippen LogP contribution in [0.25, 0.3) is 0 Å². The highest BCUT2D eigenvalue weighted by Crippen LogP contribution is 2.31. The number of piperazine rings is 1. The quantitative estimate of drug-likeness (QED) is 0.756. The van der Waals surface area contributed by atoms with Crippen molar-refractivity contribution in [3.63, 3.8) is 0 Å². The SMILES string of the molecule is CCOc1cc(C(=O)N2CCN(S(=O)(=O)C3CC3)CC2)ncn1. The van der Waals surface area contributed by atoms with Gasteiger partial charge in [0.25, 0.3) is 5.91 Å². The van der Waals surface area contributed by atoms with E-state index < -0.39 is 10.0 Å². The molecule has 2 heterocycles. The van der Waals surface area contributed by atoms with E-state index in [2.05, 4.69) is 9.97 Å². The number of ether oxygens (including phenoxy) is 1. The molecule has 0 unspecified atom stereocenters. The van der Waals surface area contributed by atoms with Gasteiger partial charge in [0.2, 0.25) is 15.9 Å². The van der Waals surface area contributed by atoms with Crippen LogP contribution in [0.1, 0.15) is 30.3 Å². The van der Waals surface area contributed by atoms with E-state index in [1.54, 1.807) is 4.90 Å². The smallest absolute Gasteiger partial charge is 0.272 e. The van der Waals surface area contributed by atoms with Gasteiger partial charge >= 0.3 is 0 Å². The zero-order valence-electron chi connectivity index (χ0n) is 13.0. The van der Waals surface area contributed by atoms with Crippen LogP contribution in [-0.2, 0) is 10.0 Å². The first-order chi connectivity index (χ1) is 11.0. The van der Waals surface area contributed by atoms with Crippen molar-refractivity contribution in [3.05, 3.63) is 18.1 Å². The van der Waals surface area contributed by atoms with Gasteiger partial charge in [-0.15, -0.1) is 0 Å². The second kappa shape index (κ2) is 6.40. The maximum Gasteiger partial charge on any atom is 0.272 e. The number of rotatable bonds is 5. The lowest BCUT2D eigenvalue weighted by Crippen LogP contribution is -2.51. The molecule has 126 valence electrons. The van der Waals surface area contributed by atoms with E-state index in [0.717, 1.165) is 12.8 Å². The number of hydrogen-bond donors (Lipinski definition) is 0. The van der Waals surface area contributed by atoms with E-state index in [1.165, 1.54) is 16.7 Å². The Morgan fingerprint density at radius 2 is 1.96 bits per heavy atom. The van der Waals surface area contributed by atoms with Crippen molar-refractivity contribution in [1.29, 1.82) is 0 Å². The Hall–Kier alpha value is -1.74. The van der Waals surface area contributed by atoms with Crippen molar-refractivity contribution in [2.24, 2.45) is 0 Å². The van der Waals surface area contributed by atoms with Crippen molar-refractivity contribution >= 4 is 15.9 Å². The van der Waals surface area contributed by atoms with Crippen LogP contribution in [0.15, 0.2) is 12.4 Å². The zero-order valence-corrected chi connectivity index (χ0v) is 13.8. The summed E-state index contributed by atoms with van der Waals surface area (Å²) in [6, 6.07) is 1.51. The fourth-order valence-corrected chi connectivity index (χ4v) is 4.39. The molecule has 0 radical (unpaired) electrons. The number of sulfonamides is 1. The fraction of sp³-hybridized carbons (Fsp3) is 0.643. The molecule has 1 amide bonds. The van der Waals surface area contributed by atoms with Gasteiger partial charge in [0.05, 0.1) is 11.9 Å². The molecule has 3 rings (SSSR count). The zero-order chi connectivity index (χ0) is 16.4. The summed E-state index contributed by atoms with van der Waals surface area (Å²) in [6.07, 6.45) is 2.80. The van der Waals surface area contributed by atoms with E-state index in [4.69, 9.17) is 4.74 Å². The van der Waals surface area contributed by atoms with Gasteiger partial charge in [0, 0.05) is 32.2 Å². The van der Waals surface area contributed by atoms with Gasteiger partial charge < -0.3 is 9.64 Å². The molecule has 1 saturated heterocycles. The lowest BCUT2D eigenvalue weighted by atomic mass is 10.3. The van der Waals surface area contributed by atoms with Crippen LogP contribution in [0.4, 0.5) is 0 Å². The Morgan fingerprint density at radius 3 is 2.57 bits per heavy atom. The normalized spacial score (nSPS) is 19.6. The summed E-state index contributed by atoms with van der Waals surface area (Å²) < 4.78 is 31.2. The third-order valence-corrected chi connectivity index (χ3v) is 6.38. The molecule has 9 heteroatoms. The minimum Gasteiger partial charge on any atom is -0.478 e. The van der Waals surface area contributed by atoms with Gasteiger partial charge in [-0.2, -0.15) is 4.31 Å². The molecule has 1 aromatic heterocycles. The van der Waals surface area contributed by atoms with E-state index in [1.807, 2.05) is 6.92 Å². The first-order valence-electron chi connectivity index (χ1n) is 7.75. The molecular formula is C14H20N4O4S. The average Bonchev–Trinajstić information content (AvgIpc) is 3.40. The van der Waals surface area contributed by atoms with Crippen LogP contribution < -0.4 is 4.74 Å². The second-order valence-corrected chi connectivity index (χ2v) is 7.82. The second-order valence-electron chi connectivity index (χ2n) is 5.61. The Bertz CT molecular complexity index is 682. The summed E-state index contributed by atoms with van der Waals surface area (Å²) in [7, 11) is -3.17. The van der Waals surface area contributed by atoms with E-state index in [-0.39, 0.29) is 16.9 Å². The van der Waals surface area contributed by atoms with Crippen molar-refractivity contribution in [2.75, 3.05) is 32.8 Å². The third kappa shape index (κ3) is 3.45. The Morgan fingerprint density at radius 1 is 1.26 bits per heavy atom. The molecule has 0 N–H and O–H groups in total. The number of nitrogens with zero attached hydrogens (tertiary/aromatic N) is 4. The van der Waals surface area contributed by atoms with E-state index >= 15 is 0 Å². The Labute approximate surface area is 135 Å². The van der Waals surface area contributed by atoms with Gasteiger partial charge in [0.1, 0.15) is 12.0 Å². The van der Waals surface area contributed by atoms with Crippen molar-refractivity contribution in [2.45, 2.75) is 25.0 Å². The number of amides is 1. The fourth-order valence-electron chi connectivity index (χ4n) is 2.57. The molecule has 8 nitrogen and oxygen atoms in total. The topological polar surface area (TPSA) is 92.7 Å². The highest BCUT2D eigenvalue weighted by Gasteiger charge is 2.41. The average molecular weight is 340 g/mol. The molecule has 0 bridgehead atoms. The molecule has 0 spiro atoms. The largest absolute Gasteiger partial charge is 0.478 e. The van der Waals surface area contributed by atoms with E-state index in [0.29, 0.717) is 38.7 Å². The first-order valence-corrected chi connectivity index (χ1v) is 9.25. The van der Waals surface area contributed by atoms with Crippen molar-refractivity contribution < 1.29 is 17.9 Å². The summed E-state index contributed by atoms with van der Waals surface area (Å²) >= 11 is 0. The predicted octanol–water partition coefficient (Wildman–Crippen LogP) is 0.125. The molecule has 0 atom stereocenters. The standard InChI is InChI=1S/C14H20N4O4S/c1-2-22-13-9-12(15-10-16-13)14(19)17-5-7-18(8-6-17)23(20,21)11-3-4-11/h9-11H,2-8H2,1H3. The summed E-state index contributed by atoms with van der Waals surface area (Å²) in [5.74, 6) is 0.137. The highest BCUT2D eigenvalue weighted by atomic mass is 32.2. The summed E-state index contributed by atoms with van der Waals surface area (Å²) in [6.45, 7) is 3.73. The molecule has 0 aromatic carbocycles. The minimum atomic E-state index is -3.17. The summed E-state index contributed by atoms with van der Waals surface area (Å²) in [5, 5.41) is -0.208. The van der Waals surface area contributed by atoms with Crippen molar-refractivity contribution in [1.82, 2.24) is 19.2 Å². The highest BCUT2D eigenvalue weighted by molar-refractivity contribution is 7.90. The maximum absolute atomic E-state index is 12.5. The lowest BCUT2D eigenvalue weighted by Gasteiger charge is -2.33. The van der Waals surface area contributed by atoms with Crippen LogP contribution in [0.2, 0.25) is 0 Å². The van der Waals surface area contributed by atoms with Gasteiger partial charge in [-0.3, -0.25) is 4.79 Å². The van der Waals surface area contributed by atoms with Gasteiger partial charge in [-0.1, -0.05) is 0 Å². The van der Waals surface area contributed by atoms with Crippen LogP contribution >= 0.6 is 0 Å². The Kier molecular flexibility index (Phi) is 4.49. The van der Waals surface area contributed by atoms with Crippen LogP contribution in [0.5, 0.6) is 5.88 Å². The molecule has 2 aliphatic rings. The number of carbonyl (C=O) groups excluding carboxylic acids is 1.